The molecular formula is C11H18BrN5O2. The molecule has 0 bridgehead atoms. The Morgan fingerprint density at radius 3 is 2.74 bits per heavy atom. The number of hydrogen-bond acceptors (Lipinski definition) is 6. The van der Waals surface area contributed by atoms with E-state index < -0.39 is 0 Å². The number of aromatic nitrogens is 2. The first-order valence-corrected chi connectivity index (χ1v) is 6.97. The topological polar surface area (TPSA) is 73.6 Å². The van der Waals surface area contributed by atoms with Gasteiger partial charge in [0.15, 0.2) is 0 Å². The van der Waals surface area contributed by atoms with E-state index in [0.29, 0.717) is 10.2 Å². The summed E-state index contributed by atoms with van der Waals surface area (Å²) in [6, 6.07) is 0. The Morgan fingerprint density at radius 2 is 2.11 bits per heavy atom. The minimum Gasteiger partial charge on any atom is -0.394 e. The second kappa shape index (κ2) is 6.47. The van der Waals surface area contributed by atoms with Crippen molar-refractivity contribution in [3.05, 3.63) is 21.0 Å². The van der Waals surface area contributed by atoms with Crippen LogP contribution in [0.25, 0.3) is 0 Å². The van der Waals surface area contributed by atoms with Crippen LogP contribution in [-0.4, -0.2) is 64.6 Å². The van der Waals surface area contributed by atoms with Crippen molar-refractivity contribution < 1.29 is 5.11 Å². The highest BCUT2D eigenvalue weighted by atomic mass is 79.9. The van der Waals surface area contributed by atoms with Gasteiger partial charge in [0.05, 0.1) is 25.0 Å². The third-order valence-electron chi connectivity index (χ3n) is 3.08. The van der Waals surface area contributed by atoms with Crippen LogP contribution >= 0.6 is 15.9 Å². The molecule has 1 saturated heterocycles. The second-order valence-electron chi connectivity index (χ2n) is 4.53. The number of aliphatic hydroxyl groups is 1. The van der Waals surface area contributed by atoms with Gasteiger partial charge in [0.2, 0.25) is 0 Å². The van der Waals surface area contributed by atoms with Crippen molar-refractivity contribution in [2.45, 2.75) is 6.54 Å². The molecule has 1 aliphatic heterocycles. The minimum atomic E-state index is -0.242. The molecule has 1 aromatic heterocycles. The second-order valence-corrected chi connectivity index (χ2v) is 5.32. The van der Waals surface area contributed by atoms with Gasteiger partial charge < -0.3 is 15.4 Å². The van der Waals surface area contributed by atoms with Gasteiger partial charge in [-0.25, -0.2) is 9.69 Å². The van der Waals surface area contributed by atoms with E-state index in [4.69, 9.17) is 5.11 Å². The lowest BCUT2D eigenvalue weighted by Gasteiger charge is -2.33. The molecule has 0 amide bonds. The zero-order valence-electron chi connectivity index (χ0n) is 10.8. The van der Waals surface area contributed by atoms with Crippen LogP contribution in [0, 0.1) is 0 Å². The van der Waals surface area contributed by atoms with Gasteiger partial charge >= 0.3 is 0 Å². The van der Waals surface area contributed by atoms with Gasteiger partial charge in [0.1, 0.15) is 4.47 Å². The number of likely N-dealkylation sites (N-methyl/N-ethyl adjacent to an activating group) is 1. The summed E-state index contributed by atoms with van der Waals surface area (Å²) >= 11 is 3.29. The molecule has 0 aliphatic carbocycles. The third kappa shape index (κ3) is 3.53. The quantitative estimate of drug-likeness (QED) is 0.780. The molecule has 1 fully saturated rings. The highest BCUT2D eigenvalue weighted by Crippen LogP contribution is 2.17. The van der Waals surface area contributed by atoms with Crippen LogP contribution in [0.3, 0.4) is 0 Å². The summed E-state index contributed by atoms with van der Waals surface area (Å²) in [6.45, 7) is 3.85. The zero-order chi connectivity index (χ0) is 13.8. The fourth-order valence-corrected chi connectivity index (χ4v) is 2.28. The molecule has 0 aromatic carbocycles. The number of rotatable bonds is 4. The average Bonchev–Trinajstić information content (AvgIpc) is 2.41. The van der Waals surface area contributed by atoms with E-state index in [1.54, 1.807) is 6.20 Å². The van der Waals surface area contributed by atoms with E-state index in [0.717, 1.165) is 26.2 Å². The van der Waals surface area contributed by atoms with E-state index in [1.807, 2.05) is 0 Å². The van der Waals surface area contributed by atoms with Crippen molar-refractivity contribution in [1.29, 1.82) is 0 Å². The summed E-state index contributed by atoms with van der Waals surface area (Å²) in [5.41, 5.74) is 3.62. The van der Waals surface area contributed by atoms with E-state index >= 15 is 0 Å². The van der Waals surface area contributed by atoms with Crippen molar-refractivity contribution in [3.63, 3.8) is 0 Å². The van der Waals surface area contributed by atoms with E-state index in [9.17, 15) is 4.79 Å². The molecule has 8 heteroatoms. The summed E-state index contributed by atoms with van der Waals surface area (Å²) in [5.74, 6) is 0. The number of nitrogens with zero attached hydrogens (tertiary/aromatic N) is 4. The van der Waals surface area contributed by atoms with Crippen LogP contribution in [-0.2, 0) is 6.54 Å². The average molecular weight is 332 g/mol. The van der Waals surface area contributed by atoms with Gasteiger partial charge in [-0.1, -0.05) is 0 Å². The van der Waals surface area contributed by atoms with Crippen LogP contribution in [0.15, 0.2) is 15.5 Å². The maximum absolute atomic E-state index is 11.9. The van der Waals surface area contributed by atoms with Gasteiger partial charge in [0.25, 0.3) is 5.56 Å². The minimum absolute atomic E-state index is 0.107. The SMILES string of the molecule is CN1CCN(Nc2cnn(CCO)c(=O)c2Br)CC1. The van der Waals surface area contributed by atoms with Crippen molar-refractivity contribution in [1.82, 2.24) is 19.7 Å². The molecular weight excluding hydrogens is 314 g/mol. The summed E-state index contributed by atoms with van der Waals surface area (Å²) in [6.07, 6.45) is 1.60. The Bertz CT molecular complexity index is 484. The van der Waals surface area contributed by atoms with Crippen molar-refractivity contribution in [3.8, 4) is 0 Å². The van der Waals surface area contributed by atoms with Crippen LogP contribution in [0.2, 0.25) is 0 Å². The predicted octanol–water partition coefficient (Wildman–Crippen LogP) is -0.428. The molecule has 2 heterocycles. The highest BCUT2D eigenvalue weighted by molar-refractivity contribution is 9.10. The largest absolute Gasteiger partial charge is 0.394 e. The Balaban J connectivity index is 2.09. The number of anilines is 1. The van der Waals surface area contributed by atoms with Crippen molar-refractivity contribution in [2.75, 3.05) is 45.3 Å². The monoisotopic (exact) mass is 331 g/mol. The van der Waals surface area contributed by atoms with E-state index in [2.05, 4.69) is 43.4 Å². The molecule has 0 unspecified atom stereocenters. The molecule has 1 aliphatic rings. The lowest BCUT2D eigenvalue weighted by Crippen LogP contribution is -2.47. The third-order valence-corrected chi connectivity index (χ3v) is 3.84. The molecule has 2 rings (SSSR count). The first-order valence-electron chi connectivity index (χ1n) is 6.18. The molecule has 0 saturated carbocycles. The molecule has 19 heavy (non-hydrogen) atoms. The summed E-state index contributed by atoms with van der Waals surface area (Å²) in [5, 5.41) is 14.9. The molecule has 1 aromatic rings. The van der Waals surface area contributed by atoms with E-state index in [1.165, 1.54) is 4.68 Å². The summed E-state index contributed by atoms with van der Waals surface area (Å²) in [4.78, 5) is 14.2. The molecule has 7 nitrogen and oxygen atoms in total. The number of aliphatic hydroxyl groups excluding tert-OH is 1. The first kappa shape index (κ1) is 14.4. The molecule has 0 spiro atoms. The Hall–Kier alpha value is -0.960. The Kier molecular flexibility index (Phi) is 4.92. The van der Waals surface area contributed by atoms with Gasteiger partial charge in [-0.15, -0.1) is 0 Å². The van der Waals surface area contributed by atoms with Crippen LogP contribution in [0.4, 0.5) is 5.69 Å². The molecule has 2 N–H and O–H groups in total. The molecule has 0 radical (unpaired) electrons. The van der Waals surface area contributed by atoms with Gasteiger partial charge in [-0.3, -0.25) is 4.79 Å². The normalized spacial score (nSPS) is 17.6. The van der Waals surface area contributed by atoms with E-state index in [-0.39, 0.29) is 18.7 Å². The van der Waals surface area contributed by atoms with Crippen molar-refractivity contribution in [2.24, 2.45) is 0 Å². The summed E-state index contributed by atoms with van der Waals surface area (Å²) < 4.78 is 1.68. The molecule has 106 valence electrons. The summed E-state index contributed by atoms with van der Waals surface area (Å²) in [7, 11) is 2.09. The lowest BCUT2D eigenvalue weighted by molar-refractivity contribution is 0.179. The maximum Gasteiger partial charge on any atom is 0.283 e. The van der Waals surface area contributed by atoms with Gasteiger partial charge in [-0.2, -0.15) is 5.10 Å². The smallest absolute Gasteiger partial charge is 0.283 e. The Morgan fingerprint density at radius 1 is 1.42 bits per heavy atom. The fourth-order valence-electron chi connectivity index (χ4n) is 1.89. The number of piperazine rings is 1. The molecule has 0 atom stereocenters. The number of nitrogens with one attached hydrogen (secondary N) is 1. The van der Waals surface area contributed by atoms with Crippen LogP contribution < -0.4 is 11.0 Å². The van der Waals surface area contributed by atoms with Crippen molar-refractivity contribution >= 4 is 21.6 Å². The zero-order valence-corrected chi connectivity index (χ0v) is 12.4. The standard InChI is InChI=1S/C11H18BrN5O2/c1-15-2-4-16(5-3-15)14-9-8-13-17(6-7-18)11(19)10(9)12/h8,14,18H,2-7H2,1H3. The van der Waals surface area contributed by atoms with Gasteiger partial charge in [0, 0.05) is 26.2 Å². The number of hydrazine groups is 1. The Labute approximate surface area is 119 Å². The lowest BCUT2D eigenvalue weighted by atomic mass is 10.4. The maximum atomic E-state index is 11.9. The van der Waals surface area contributed by atoms with Crippen LogP contribution in [0.1, 0.15) is 0 Å². The number of hydrogen-bond donors (Lipinski definition) is 2. The van der Waals surface area contributed by atoms with Crippen LogP contribution in [0.5, 0.6) is 0 Å². The highest BCUT2D eigenvalue weighted by Gasteiger charge is 2.16. The number of halogens is 1. The fraction of sp³-hybridized carbons (Fsp3) is 0.636. The first-order chi connectivity index (χ1) is 9.11. The van der Waals surface area contributed by atoms with Gasteiger partial charge in [-0.05, 0) is 23.0 Å². The predicted molar refractivity (Wildman–Crippen MR) is 76.0 cm³/mol.